The Bertz CT molecular complexity index is 1820. The van der Waals surface area contributed by atoms with Crippen molar-refractivity contribution in [1.82, 2.24) is 9.88 Å². The Morgan fingerprint density at radius 2 is 1.74 bits per heavy atom. The first-order chi connectivity index (χ1) is 20.3. The van der Waals surface area contributed by atoms with Gasteiger partial charge in [-0.25, -0.2) is 4.21 Å². The third-order valence-corrected chi connectivity index (χ3v) is 8.75. The van der Waals surface area contributed by atoms with Gasteiger partial charge in [-0.2, -0.15) is 4.36 Å². The van der Waals surface area contributed by atoms with E-state index in [1.165, 1.54) is 24.7 Å². The van der Waals surface area contributed by atoms with Crippen molar-refractivity contribution in [3.8, 4) is 11.8 Å². The van der Waals surface area contributed by atoms with Crippen LogP contribution in [0.1, 0.15) is 50.4 Å². The van der Waals surface area contributed by atoms with Gasteiger partial charge in [-0.05, 0) is 62.2 Å². The van der Waals surface area contributed by atoms with Gasteiger partial charge < -0.3 is 14.6 Å². The summed E-state index contributed by atoms with van der Waals surface area (Å²) in [6, 6.07) is 18.6. The van der Waals surface area contributed by atoms with Crippen molar-refractivity contribution < 1.29 is 23.0 Å². The van der Waals surface area contributed by atoms with Gasteiger partial charge in [0.1, 0.15) is 5.75 Å². The summed E-state index contributed by atoms with van der Waals surface area (Å²) in [6.07, 6.45) is 6.09. The molecule has 1 fully saturated rings. The van der Waals surface area contributed by atoms with E-state index in [4.69, 9.17) is 4.42 Å². The molecule has 0 saturated carbocycles. The number of furan rings is 1. The van der Waals surface area contributed by atoms with Crippen LogP contribution in [-0.2, 0) is 14.5 Å². The average Bonchev–Trinajstić information content (AvgIpc) is 3.69. The second-order valence-electron chi connectivity index (χ2n) is 9.76. The second kappa shape index (κ2) is 12.7. The standard InChI is InChI=1S/C32H28N4O5S/c1-23-14-17-41-30(23)32(39)34-27-9-7-8-24(19-27)12-13-25-18-26(21-33-20-25)31(38)35-42(40,28-10-3-2-4-11-28)22-29(37)36-15-5-6-16-36/h2-4,7-11,14,17-21H,5-6,15-16,22H2,1H3,(H,34,39)/t42-/m0/s1. The molecule has 4 aromatic rings. The predicted molar refractivity (Wildman–Crippen MR) is 158 cm³/mol. The smallest absolute Gasteiger partial charge is 0.291 e. The number of carbonyl (C=O) groups excluding carboxylic acids is 3. The number of nitrogens with one attached hydrogen (secondary N) is 1. The van der Waals surface area contributed by atoms with E-state index in [2.05, 4.69) is 26.5 Å². The Morgan fingerprint density at radius 3 is 2.48 bits per heavy atom. The van der Waals surface area contributed by atoms with Gasteiger partial charge in [-0.3, -0.25) is 19.4 Å². The highest BCUT2D eigenvalue weighted by Gasteiger charge is 2.25. The van der Waals surface area contributed by atoms with Crippen molar-refractivity contribution >= 4 is 33.1 Å². The molecule has 5 rings (SSSR count). The molecule has 10 heteroatoms. The van der Waals surface area contributed by atoms with Gasteiger partial charge in [0.25, 0.3) is 11.8 Å². The number of anilines is 1. The molecule has 42 heavy (non-hydrogen) atoms. The summed E-state index contributed by atoms with van der Waals surface area (Å²) >= 11 is 0. The lowest BCUT2D eigenvalue weighted by Crippen LogP contribution is -2.33. The maximum atomic E-state index is 14.0. The molecule has 1 aliphatic heterocycles. The minimum absolute atomic E-state index is 0.105. The number of amides is 3. The number of hydrogen-bond acceptors (Lipinski definition) is 6. The predicted octanol–water partition coefficient (Wildman–Crippen LogP) is 4.92. The molecule has 1 aliphatic rings. The molecule has 1 saturated heterocycles. The maximum absolute atomic E-state index is 14.0. The Balaban J connectivity index is 1.36. The van der Waals surface area contributed by atoms with E-state index in [1.807, 2.05) is 0 Å². The number of likely N-dealkylation sites (tertiary alicyclic amines) is 1. The van der Waals surface area contributed by atoms with Gasteiger partial charge in [0, 0.05) is 52.8 Å². The summed E-state index contributed by atoms with van der Waals surface area (Å²) in [6.45, 7) is 3.01. The first kappa shape index (κ1) is 28.5. The first-order valence-electron chi connectivity index (χ1n) is 13.4. The fourth-order valence-electron chi connectivity index (χ4n) is 4.45. The molecule has 0 bridgehead atoms. The van der Waals surface area contributed by atoms with Crippen LogP contribution in [0.15, 0.2) is 99.1 Å². The zero-order valence-corrected chi connectivity index (χ0v) is 23.7. The van der Waals surface area contributed by atoms with Crippen LogP contribution in [0.4, 0.5) is 5.69 Å². The number of carbonyl (C=O) groups is 3. The summed E-state index contributed by atoms with van der Waals surface area (Å²) in [5, 5.41) is 2.79. The maximum Gasteiger partial charge on any atom is 0.291 e. The van der Waals surface area contributed by atoms with Crippen molar-refractivity contribution in [3.05, 3.63) is 113 Å². The van der Waals surface area contributed by atoms with E-state index in [0.717, 1.165) is 18.4 Å². The van der Waals surface area contributed by atoms with Gasteiger partial charge in [0.05, 0.1) is 21.6 Å². The van der Waals surface area contributed by atoms with E-state index in [9.17, 15) is 18.6 Å². The SMILES string of the molecule is Cc1ccoc1C(=O)Nc1cccc(C#Cc2cncc(C(=O)N=[S@](=O)(CC(=O)N3CCCC3)c3ccccc3)c2)c1. The molecule has 1 N–H and O–H groups in total. The Kier molecular flexibility index (Phi) is 8.60. The molecule has 0 unspecified atom stereocenters. The monoisotopic (exact) mass is 580 g/mol. The highest BCUT2D eigenvalue weighted by atomic mass is 32.2. The molecule has 2 aromatic carbocycles. The molecule has 212 valence electrons. The average molecular weight is 581 g/mol. The zero-order chi connectivity index (χ0) is 29.5. The Labute approximate surface area is 244 Å². The number of hydrogen-bond donors (Lipinski definition) is 1. The summed E-state index contributed by atoms with van der Waals surface area (Å²) in [5.74, 6) is 4.44. The number of rotatable bonds is 6. The normalized spacial score (nSPS) is 13.9. The fraction of sp³-hybridized carbons (Fsp3) is 0.188. The van der Waals surface area contributed by atoms with Crippen LogP contribution in [0.2, 0.25) is 0 Å². The van der Waals surface area contributed by atoms with E-state index in [-0.39, 0.29) is 28.9 Å². The molecular formula is C32H28N4O5S. The highest BCUT2D eigenvalue weighted by molar-refractivity contribution is 7.94. The number of nitrogens with zero attached hydrogens (tertiary/aromatic N) is 3. The molecule has 0 aliphatic carbocycles. The van der Waals surface area contributed by atoms with Gasteiger partial charge in [0.2, 0.25) is 5.91 Å². The van der Waals surface area contributed by atoms with E-state index < -0.39 is 15.6 Å². The fourth-order valence-corrected chi connectivity index (χ4v) is 6.26. The lowest BCUT2D eigenvalue weighted by atomic mass is 10.1. The van der Waals surface area contributed by atoms with Crippen LogP contribution in [0.5, 0.6) is 0 Å². The quantitative estimate of drug-likeness (QED) is 0.323. The van der Waals surface area contributed by atoms with Crippen molar-refractivity contribution in [2.45, 2.75) is 24.7 Å². The Hall–Kier alpha value is -5.01. The van der Waals surface area contributed by atoms with Gasteiger partial charge in [0.15, 0.2) is 5.76 Å². The zero-order valence-electron chi connectivity index (χ0n) is 22.9. The van der Waals surface area contributed by atoms with Gasteiger partial charge >= 0.3 is 0 Å². The molecule has 3 heterocycles. The largest absolute Gasteiger partial charge is 0.459 e. The van der Waals surface area contributed by atoms with Crippen molar-refractivity contribution in [2.75, 3.05) is 24.2 Å². The van der Waals surface area contributed by atoms with E-state index >= 15 is 0 Å². The minimum Gasteiger partial charge on any atom is -0.459 e. The number of aromatic nitrogens is 1. The third kappa shape index (κ3) is 6.82. The van der Waals surface area contributed by atoms with Crippen molar-refractivity contribution in [2.24, 2.45) is 4.36 Å². The number of aryl methyl sites for hydroxylation is 1. The van der Waals surface area contributed by atoms with Crippen molar-refractivity contribution in [3.63, 3.8) is 0 Å². The third-order valence-electron chi connectivity index (χ3n) is 6.64. The number of pyridine rings is 1. The van der Waals surface area contributed by atoms with Gasteiger partial charge in [-0.1, -0.05) is 36.1 Å². The molecule has 2 aromatic heterocycles. The van der Waals surface area contributed by atoms with E-state index in [1.54, 1.807) is 72.5 Å². The molecule has 0 radical (unpaired) electrons. The van der Waals surface area contributed by atoms with Crippen LogP contribution >= 0.6 is 0 Å². The summed E-state index contributed by atoms with van der Waals surface area (Å²) < 4.78 is 23.4. The molecule has 3 amide bonds. The van der Waals surface area contributed by atoms with Crippen LogP contribution < -0.4 is 5.32 Å². The lowest BCUT2D eigenvalue weighted by Gasteiger charge is -2.17. The molecule has 9 nitrogen and oxygen atoms in total. The van der Waals surface area contributed by atoms with Crippen LogP contribution in [0.3, 0.4) is 0 Å². The Morgan fingerprint density at radius 1 is 0.976 bits per heavy atom. The highest BCUT2D eigenvalue weighted by Crippen LogP contribution is 2.19. The van der Waals surface area contributed by atoms with Gasteiger partial charge in [-0.15, -0.1) is 0 Å². The lowest BCUT2D eigenvalue weighted by molar-refractivity contribution is -0.127. The van der Waals surface area contributed by atoms with Crippen LogP contribution in [-0.4, -0.2) is 50.7 Å². The van der Waals surface area contributed by atoms with Crippen LogP contribution in [0.25, 0.3) is 0 Å². The molecular weight excluding hydrogens is 552 g/mol. The second-order valence-corrected chi connectivity index (χ2v) is 12.0. The van der Waals surface area contributed by atoms with E-state index in [0.29, 0.717) is 34.8 Å². The molecule has 0 spiro atoms. The molecule has 1 atom stereocenters. The summed E-state index contributed by atoms with van der Waals surface area (Å²) in [7, 11) is -3.37. The van der Waals surface area contributed by atoms with Crippen LogP contribution in [0, 0.1) is 18.8 Å². The topological polar surface area (TPSA) is 122 Å². The van der Waals surface area contributed by atoms with Crippen molar-refractivity contribution in [1.29, 1.82) is 0 Å². The first-order valence-corrected chi connectivity index (χ1v) is 15.0. The minimum atomic E-state index is -3.37. The summed E-state index contributed by atoms with van der Waals surface area (Å²) in [4.78, 5) is 44.7. The number of benzene rings is 2. The summed E-state index contributed by atoms with van der Waals surface area (Å²) in [5.41, 5.74) is 2.44.